The zero-order valence-corrected chi connectivity index (χ0v) is 36.2. The smallest absolute Gasteiger partial charge is 0.305 e. The number of nitrogens with two attached hydrogens (primary N) is 2. The Kier molecular flexibility index (Phi) is 20.1. The van der Waals surface area contributed by atoms with Crippen LogP contribution in [0.15, 0.2) is 30.5 Å². The fourth-order valence-corrected chi connectivity index (χ4v) is 8.74. The first-order chi connectivity index (χ1) is 29.6. The summed E-state index contributed by atoms with van der Waals surface area (Å²) < 4.78 is 0. The number of fused-ring (bicyclic) bond motifs is 1. The second kappa shape index (κ2) is 25.1. The molecule has 1 aliphatic carbocycles. The molecule has 0 bridgehead atoms. The van der Waals surface area contributed by atoms with E-state index in [1.165, 1.54) is 0 Å². The molecule has 2 fully saturated rings. The fourth-order valence-electron chi connectivity index (χ4n) is 8.74. The zero-order valence-electron chi connectivity index (χ0n) is 36.2. The van der Waals surface area contributed by atoms with Crippen LogP contribution in [0, 0.1) is 17.8 Å². The molecule has 1 saturated heterocycles. The Labute approximate surface area is 363 Å². The number of amides is 5. The number of hydrogen-bond acceptors (Lipinski definition) is 10. The number of carbonyl (C=O) groups is 7. The third-order valence-electron chi connectivity index (χ3n) is 11.8. The molecule has 1 aromatic carbocycles. The van der Waals surface area contributed by atoms with E-state index in [0.717, 1.165) is 35.7 Å². The van der Waals surface area contributed by atoms with Gasteiger partial charge in [-0.15, -0.1) is 0 Å². The minimum absolute atomic E-state index is 0.0252. The molecule has 0 radical (unpaired) electrons. The van der Waals surface area contributed by atoms with E-state index in [-0.39, 0.29) is 80.2 Å². The summed E-state index contributed by atoms with van der Waals surface area (Å²) in [5, 5.41) is 37.4. The molecule has 18 nitrogen and oxygen atoms in total. The number of aromatic nitrogens is 1. The third-order valence-corrected chi connectivity index (χ3v) is 11.8. The van der Waals surface area contributed by atoms with E-state index in [1.54, 1.807) is 0 Å². The molecular weight excluding hydrogens is 799 g/mol. The van der Waals surface area contributed by atoms with Gasteiger partial charge in [0, 0.05) is 85.6 Å². The number of aliphatic carboxylic acids is 2. The number of piperidine rings is 1. The van der Waals surface area contributed by atoms with Gasteiger partial charge in [-0.05, 0) is 82.0 Å². The molecule has 8 atom stereocenters. The highest BCUT2D eigenvalue weighted by Crippen LogP contribution is 2.25. The average Bonchev–Trinajstić information content (AvgIpc) is 3.61. The monoisotopic (exact) mass is 868 g/mol. The number of carbonyl (C=O) groups excluding carboxylic acids is 5. The summed E-state index contributed by atoms with van der Waals surface area (Å²) in [6.45, 7) is 5.06. The Hall–Kier alpha value is -5.07. The van der Waals surface area contributed by atoms with Crippen molar-refractivity contribution in [3.05, 3.63) is 36.0 Å². The molecule has 5 amide bonds. The lowest BCUT2D eigenvalue weighted by Crippen LogP contribution is -2.57. The summed E-state index contributed by atoms with van der Waals surface area (Å²) in [5.41, 5.74) is 14.1. The maximum Gasteiger partial charge on any atom is 0.305 e. The molecule has 1 aromatic heterocycles. The number of nitrogens with one attached hydrogen (secondary N) is 7. The van der Waals surface area contributed by atoms with E-state index in [2.05, 4.69) is 36.9 Å². The first kappa shape index (κ1) is 49.6. The molecule has 13 N–H and O–H groups in total. The van der Waals surface area contributed by atoms with Gasteiger partial charge >= 0.3 is 11.9 Å². The maximum absolute atomic E-state index is 13.8. The molecule has 62 heavy (non-hydrogen) atoms. The number of rotatable bonds is 25. The third kappa shape index (κ3) is 16.7. The van der Waals surface area contributed by atoms with Crippen molar-refractivity contribution in [3.63, 3.8) is 0 Å². The van der Waals surface area contributed by atoms with E-state index in [1.807, 2.05) is 44.3 Å². The van der Waals surface area contributed by atoms with E-state index in [4.69, 9.17) is 16.6 Å². The lowest BCUT2D eigenvalue weighted by Gasteiger charge is -2.34. The standard InChI is InChI=1S/C44H69N9O9/c1-26(2)18-30(21-38(54)50-29(23-42(59)60)13-14-41(57)58)51-44(62)34-25-47-17-15-37(34)53-40(56)20-28(8-7-16-45)49-39(55)22-31(52-43(61)33-10-3-5-11-35(33)46)19-27-24-48-36-12-6-4-9-32(27)36/h4,6,9,12,24,26,28-31,33-35,37,47-48H,3,5,7-8,10-11,13-23,25,45-46H2,1-2H3,(H,49,55)(H,50,54)(H,51,62)(H,52,61)(H,53,56)(H,57,58)(H,59,60)/t28-,29-,30-,31-,33+,34+,35+,37+/m0/s1. The predicted octanol–water partition coefficient (Wildman–Crippen LogP) is 1.56. The van der Waals surface area contributed by atoms with Crippen LogP contribution in [-0.2, 0) is 40.0 Å². The molecule has 1 aliphatic heterocycles. The average molecular weight is 868 g/mol. The molecular formula is C44H69N9O9. The molecule has 344 valence electrons. The SMILES string of the molecule is CC(C)C[C@@H](CC(=O)N[C@@H](CCC(=O)O)CC(=O)O)NC(=O)[C@@H]1CNCC[C@H]1NC(=O)C[C@H](CCCN)NC(=O)C[C@H](Cc1c[nH]c2ccccc12)NC(=O)[C@@H]1CCCC[C@H]1N. The van der Waals surface area contributed by atoms with Gasteiger partial charge in [-0.3, -0.25) is 33.6 Å². The summed E-state index contributed by atoms with van der Waals surface area (Å²) >= 11 is 0. The largest absolute Gasteiger partial charge is 0.481 e. The van der Waals surface area contributed by atoms with E-state index in [9.17, 15) is 38.7 Å². The van der Waals surface area contributed by atoms with Crippen molar-refractivity contribution in [2.24, 2.45) is 29.2 Å². The fraction of sp³-hybridized carbons (Fsp3) is 0.659. The molecule has 2 heterocycles. The van der Waals surface area contributed by atoms with Crippen molar-refractivity contribution < 1.29 is 43.8 Å². The van der Waals surface area contributed by atoms with Gasteiger partial charge in [0.25, 0.3) is 0 Å². The molecule has 18 heteroatoms. The Morgan fingerprint density at radius 1 is 0.758 bits per heavy atom. The Bertz CT molecular complexity index is 1820. The lowest BCUT2D eigenvalue weighted by atomic mass is 9.84. The number of carboxylic acid groups (broad SMARTS) is 2. The van der Waals surface area contributed by atoms with E-state index >= 15 is 0 Å². The Balaban J connectivity index is 1.39. The summed E-state index contributed by atoms with van der Waals surface area (Å²) in [4.78, 5) is 93.6. The number of carboxylic acids is 2. The second-order valence-electron chi connectivity index (χ2n) is 17.5. The van der Waals surface area contributed by atoms with Crippen LogP contribution >= 0.6 is 0 Å². The quantitative estimate of drug-likeness (QED) is 0.0678. The lowest BCUT2D eigenvalue weighted by molar-refractivity contribution is -0.140. The van der Waals surface area contributed by atoms with Crippen LogP contribution in [0.25, 0.3) is 10.9 Å². The van der Waals surface area contributed by atoms with Gasteiger partial charge in [-0.2, -0.15) is 0 Å². The van der Waals surface area contributed by atoms with Crippen molar-refractivity contribution in [3.8, 4) is 0 Å². The minimum atomic E-state index is -1.18. The van der Waals surface area contributed by atoms with Crippen LogP contribution in [-0.4, -0.2) is 113 Å². The summed E-state index contributed by atoms with van der Waals surface area (Å²) in [6, 6.07) is 4.46. The Morgan fingerprint density at radius 2 is 1.40 bits per heavy atom. The van der Waals surface area contributed by atoms with Gasteiger partial charge < -0.3 is 58.6 Å². The zero-order chi connectivity index (χ0) is 45.2. The van der Waals surface area contributed by atoms with Crippen molar-refractivity contribution in [1.29, 1.82) is 0 Å². The van der Waals surface area contributed by atoms with Gasteiger partial charge in [0.05, 0.1) is 18.3 Å². The van der Waals surface area contributed by atoms with Gasteiger partial charge in [0.1, 0.15) is 0 Å². The van der Waals surface area contributed by atoms with Crippen LogP contribution in [0.3, 0.4) is 0 Å². The van der Waals surface area contributed by atoms with Crippen molar-refractivity contribution in [2.45, 2.75) is 146 Å². The summed E-state index contributed by atoms with van der Waals surface area (Å²) in [7, 11) is 0. The van der Waals surface area contributed by atoms with Gasteiger partial charge in [-0.25, -0.2) is 0 Å². The van der Waals surface area contributed by atoms with Gasteiger partial charge in [0.15, 0.2) is 0 Å². The number of para-hydroxylation sites is 1. The molecule has 1 saturated carbocycles. The van der Waals surface area contributed by atoms with Crippen LogP contribution in [0.2, 0.25) is 0 Å². The minimum Gasteiger partial charge on any atom is -0.481 e. The van der Waals surface area contributed by atoms with Crippen molar-refractivity contribution in [1.82, 2.24) is 36.9 Å². The number of hydrogen-bond donors (Lipinski definition) is 11. The van der Waals surface area contributed by atoms with Crippen LogP contribution in [0.5, 0.6) is 0 Å². The topological polar surface area (TPSA) is 300 Å². The van der Waals surface area contributed by atoms with Gasteiger partial charge in [0.2, 0.25) is 29.5 Å². The normalized spacial score (nSPS) is 20.9. The number of aromatic amines is 1. The molecule has 4 rings (SSSR count). The molecule has 2 aromatic rings. The van der Waals surface area contributed by atoms with Crippen LogP contribution in [0.4, 0.5) is 0 Å². The van der Waals surface area contributed by atoms with Crippen LogP contribution < -0.4 is 43.4 Å². The Morgan fingerprint density at radius 3 is 2.08 bits per heavy atom. The van der Waals surface area contributed by atoms with Gasteiger partial charge in [-0.1, -0.05) is 44.9 Å². The number of H-pyrrole nitrogens is 1. The maximum atomic E-state index is 13.8. The number of benzene rings is 1. The molecule has 0 spiro atoms. The van der Waals surface area contributed by atoms with Crippen LogP contribution in [0.1, 0.15) is 109 Å². The summed E-state index contributed by atoms with van der Waals surface area (Å²) in [5.74, 6) is -4.92. The highest BCUT2D eigenvalue weighted by Gasteiger charge is 2.35. The predicted molar refractivity (Wildman–Crippen MR) is 233 cm³/mol. The first-order valence-electron chi connectivity index (χ1n) is 22.3. The van der Waals surface area contributed by atoms with E-state index < -0.39 is 60.4 Å². The molecule has 0 unspecified atom stereocenters. The highest BCUT2D eigenvalue weighted by molar-refractivity contribution is 5.86. The van der Waals surface area contributed by atoms with Crippen molar-refractivity contribution >= 4 is 52.4 Å². The van der Waals surface area contributed by atoms with Crippen molar-refractivity contribution in [2.75, 3.05) is 19.6 Å². The van der Waals surface area contributed by atoms with E-state index in [0.29, 0.717) is 51.6 Å². The molecule has 2 aliphatic rings. The second-order valence-corrected chi connectivity index (χ2v) is 17.5. The first-order valence-corrected chi connectivity index (χ1v) is 22.3. The summed E-state index contributed by atoms with van der Waals surface area (Å²) in [6.07, 6.45) is 6.51. The highest BCUT2D eigenvalue weighted by atomic mass is 16.4.